The molecule has 1 aliphatic heterocycles. The average molecular weight is 482 g/mol. The first-order valence-electron chi connectivity index (χ1n) is 11.4. The van der Waals surface area contributed by atoms with Crippen LogP contribution in [-0.4, -0.2) is 31.3 Å². The third-order valence-corrected chi connectivity index (χ3v) is 6.86. The number of nitrogens with zero attached hydrogens (tertiary/aromatic N) is 5. The maximum Gasteiger partial charge on any atom is 0.178 e. The fourth-order valence-electron chi connectivity index (χ4n) is 4.54. The van der Waals surface area contributed by atoms with E-state index < -0.39 is 11.6 Å². The predicted octanol–water partition coefficient (Wildman–Crippen LogP) is 6.10. The SMILES string of the molecule is Cc1ccc2c(-c3ccc(Cl)c(F)c3F)nc([C@@H]3CCO[C@@H](c4cnn(C5CC5)c4)C3)nc2n1. The molecule has 1 aromatic carbocycles. The summed E-state index contributed by atoms with van der Waals surface area (Å²) in [6.07, 6.45) is 7.54. The topological polar surface area (TPSA) is 65.7 Å². The molecule has 6 rings (SSSR count). The summed E-state index contributed by atoms with van der Waals surface area (Å²) in [4.78, 5) is 14.1. The lowest BCUT2D eigenvalue weighted by molar-refractivity contribution is 0.00396. The van der Waals surface area contributed by atoms with Gasteiger partial charge < -0.3 is 4.74 Å². The van der Waals surface area contributed by atoms with Crippen LogP contribution in [0.1, 0.15) is 60.8 Å². The molecule has 2 aliphatic rings. The van der Waals surface area contributed by atoms with E-state index in [0.717, 1.165) is 30.5 Å². The predicted molar refractivity (Wildman–Crippen MR) is 124 cm³/mol. The Bertz CT molecular complexity index is 1400. The molecule has 0 unspecified atom stereocenters. The Balaban J connectivity index is 1.41. The van der Waals surface area contributed by atoms with Crippen LogP contribution in [-0.2, 0) is 4.74 Å². The van der Waals surface area contributed by atoms with Crippen molar-refractivity contribution in [2.45, 2.75) is 50.7 Å². The van der Waals surface area contributed by atoms with Crippen LogP contribution in [0.2, 0.25) is 5.02 Å². The third kappa shape index (κ3) is 3.84. The van der Waals surface area contributed by atoms with Gasteiger partial charge in [0.1, 0.15) is 5.82 Å². The molecule has 2 atom stereocenters. The summed E-state index contributed by atoms with van der Waals surface area (Å²) < 4.78 is 37.3. The molecule has 3 aromatic heterocycles. The summed E-state index contributed by atoms with van der Waals surface area (Å²) >= 11 is 5.78. The zero-order chi connectivity index (χ0) is 23.4. The minimum absolute atomic E-state index is 0.0197. The van der Waals surface area contributed by atoms with Gasteiger partial charge in [-0.25, -0.2) is 23.7 Å². The fraction of sp³-hybridized carbons (Fsp3) is 0.360. The highest BCUT2D eigenvalue weighted by Gasteiger charge is 2.31. The van der Waals surface area contributed by atoms with Gasteiger partial charge >= 0.3 is 0 Å². The number of aromatic nitrogens is 5. The summed E-state index contributed by atoms with van der Waals surface area (Å²) in [6.45, 7) is 2.41. The Labute approximate surface area is 200 Å². The van der Waals surface area contributed by atoms with Crippen molar-refractivity contribution in [3.63, 3.8) is 0 Å². The monoisotopic (exact) mass is 481 g/mol. The van der Waals surface area contributed by atoms with Gasteiger partial charge in [-0.1, -0.05) is 11.6 Å². The zero-order valence-electron chi connectivity index (χ0n) is 18.5. The molecular formula is C25H22ClF2N5O. The van der Waals surface area contributed by atoms with Crippen molar-refractivity contribution >= 4 is 22.6 Å². The van der Waals surface area contributed by atoms with Gasteiger partial charge in [0.2, 0.25) is 0 Å². The van der Waals surface area contributed by atoms with E-state index in [1.807, 2.05) is 17.8 Å². The molecule has 1 aliphatic carbocycles. The van der Waals surface area contributed by atoms with Gasteiger partial charge in [0, 0.05) is 40.9 Å². The van der Waals surface area contributed by atoms with Gasteiger partial charge in [-0.05, 0) is 56.9 Å². The van der Waals surface area contributed by atoms with Gasteiger partial charge in [-0.15, -0.1) is 0 Å². The molecule has 4 heterocycles. The molecule has 4 aromatic rings. The largest absolute Gasteiger partial charge is 0.373 e. The van der Waals surface area contributed by atoms with E-state index >= 15 is 0 Å². The van der Waals surface area contributed by atoms with Crippen LogP contribution in [0.3, 0.4) is 0 Å². The van der Waals surface area contributed by atoms with Crippen molar-refractivity contribution in [1.82, 2.24) is 24.7 Å². The molecule has 1 saturated heterocycles. The quantitative estimate of drug-likeness (QED) is 0.329. The van der Waals surface area contributed by atoms with Gasteiger partial charge in [0.25, 0.3) is 0 Å². The lowest BCUT2D eigenvalue weighted by Gasteiger charge is -2.28. The molecule has 174 valence electrons. The molecule has 0 spiro atoms. The van der Waals surface area contributed by atoms with Crippen molar-refractivity contribution in [2.24, 2.45) is 0 Å². The zero-order valence-corrected chi connectivity index (χ0v) is 19.3. The van der Waals surface area contributed by atoms with Crippen LogP contribution in [0.25, 0.3) is 22.3 Å². The Kier molecular flexibility index (Phi) is 5.30. The van der Waals surface area contributed by atoms with Crippen LogP contribution in [0.5, 0.6) is 0 Å². The Morgan fingerprint density at radius 1 is 1.03 bits per heavy atom. The van der Waals surface area contributed by atoms with Crippen LogP contribution >= 0.6 is 11.6 Å². The van der Waals surface area contributed by atoms with E-state index in [4.69, 9.17) is 26.3 Å². The van der Waals surface area contributed by atoms with Gasteiger partial charge in [0.05, 0.1) is 29.1 Å². The fourth-order valence-corrected chi connectivity index (χ4v) is 4.69. The first kappa shape index (κ1) is 21.6. The number of ether oxygens (including phenoxy) is 1. The summed E-state index contributed by atoms with van der Waals surface area (Å²) in [5.41, 5.74) is 2.63. The maximum atomic E-state index is 14.9. The highest BCUT2D eigenvalue weighted by molar-refractivity contribution is 6.30. The lowest BCUT2D eigenvalue weighted by atomic mass is 9.92. The van der Waals surface area contributed by atoms with Gasteiger partial charge in [-0.2, -0.15) is 5.10 Å². The number of pyridine rings is 1. The van der Waals surface area contributed by atoms with Crippen LogP contribution < -0.4 is 0 Å². The number of aryl methyl sites for hydroxylation is 1. The smallest absolute Gasteiger partial charge is 0.178 e. The number of hydrogen-bond acceptors (Lipinski definition) is 5. The second-order valence-corrected chi connectivity index (χ2v) is 9.45. The van der Waals surface area contributed by atoms with E-state index in [1.165, 1.54) is 12.1 Å². The van der Waals surface area contributed by atoms with Crippen molar-refractivity contribution < 1.29 is 13.5 Å². The van der Waals surface area contributed by atoms with E-state index in [1.54, 1.807) is 12.1 Å². The van der Waals surface area contributed by atoms with Crippen molar-refractivity contribution in [2.75, 3.05) is 6.61 Å². The highest BCUT2D eigenvalue weighted by Crippen LogP contribution is 2.40. The number of halogens is 3. The van der Waals surface area contributed by atoms with Crippen LogP contribution in [0, 0.1) is 18.6 Å². The first-order valence-corrected chi connectivity index (χ1v) is 11.8. The molecule has 1 saturated carbocycles. The third-order valence-electron chi connectivity index (χ3n) is 6.57. The molecule has 6 nitrogen and oxygen atoms in total. The lowest BCUT2D eigenvalue weighted by Crippen LogP contribution is -2.20. The second kappa shape index (κ2) is 8.36. The Morgan fingerprint density at radius 2 is 1.88 bits per heavy atom. The molecular weight excluding hydrogens is 460 g/mol. The van der Waals surface area contributed by atoms with E-state index in [-0.39, 0.29) is 22.6 Å². The maximum absolute atomic E-state index is 14.9. The summed E-state index contributed by atoms with van der Waals surface area (Å²) in [7, 11) is 0. The number of benzene rings is 1. The molecule has 0 amide bonds. The minimum atomic E-state index is -1.09. The minimum Gasteiger partial charge on any atom is -0.373 e. The number of hydrogen-bond donors (Lipinski definition) is 0. The molecule has 2 fully saturated rings. The normalized spacial score (nSPS) is 20.7. The molecule has 0 radical (unpaired) electrons. The van der Waals surface area contributed by atoms with Crippen LogP contribution in [0.4, 0.5) is 8.78 Å². The second-order valence-electron chi connectivity index (χ2n) is 9.04. The van der Waals surface area contributed by atoms with Gasteiger partial charge in [0.15, 0.2) is 17.3 Å². The average Bonchev–Trinajstić information content (AvgIpc) is 3.58. The first-order chi connectivity index (χ1) is 16.5. The number of fused-ring (bicyclic) bond motifs is 1. The number of rotatable bonds is 4. The standard InChI is InChI=1S/C25H22ClF2N5O/c1-13-2-5-18-23(17-6-7-19(26)22(28)21(17)27)31-24(32-25(18)30-13)14-8-9-34-20(10-14)15-11-29-33(12-15)16-3-4-16/h2,5-7,11-12,14,16,20H,3-4,8-10H2,1H3/t14-,20-/m1/s1. The van der Waals surface area contributed by atoms with Crippen molar-refractivity contribution in [3.05, 3.63) is 70.4 Å². The van der Waals surface area contributed by atoms with Crippen molar-refractivity contribution in [1.29, 1.82) is 0 Å². The summed E-state index contributed by atoms with van der Waals surface area (Å²) in [5.74, 6) is -1.59. The molecule has 0 bridgehead atoms. The van der Waals surface area contributed by atoms with E-state index in [0.29, 0.717) is 41.6 Å². The molecule has 0 N–H and O–H groups in total. The summed E-state index contributed by atoms with van der Waals surface area (Å²) in [6, 6.07) is 6.89. The van der Waals surface area contributed by atoms with Crippen molar-refractivity contribution in [3.8, 4) is 11.3 Å². The molecule has 34 heavy (non-hydrogen) atoms. The van der Waals surface area contributed by atoms with E-state index in [2.05, 4.69) is 16.3 Å². The highest BCUT2D eigenvalue weighted by atomic mass is 35.5. The van der Waals surface area contributed by atoms with Crippen LogP contribution in [0.15, 0.2) is 36.7 Å². The Morgan fingerprint density at radius 3 is 2.71 bits per heavy atom. The molecule has 9 heteroatoms. The Hall–Kier alpha value is -2.97. The van der Waals surface area contributed by atoms with Gasteiger partial charge in [-0.3, -0.25) is 4.68 Å². The summed E-state index contributed by atoms with van der Waals surface area (Å²) in [5, 5.41) is 4.78. The van der Waals surface area contributed by atoms with E-state index in [9.17, 15) is 8.78 Å².